The Kier molecular flexibility index (Phi) is 6.65. The molecule has 7 nitrogen and oxygen atoms in total. The number of sulfonamides is 1. The lowest BCUT2D eigenvalue weighted by Gasteiger charge is -2.31. The topological polar surface area (TPSA) is 92.3 Å². The molecule has 3 aromatic rings. The van der Waals surface area contributed by atoms with Crippen LogP contribution in [0.15, 0.2) is 41.3 Å². The first kappa shape index (κ1) is 23.5. The number of nitrogens with zero attached hydrogens (tertiary/aromatic N) is 3. The van der Waals surface area contributed by atoms with Crippen LogP contribution in [0.25, 0.3) is 0 Å². The minimum absolute atomic E-state index is 0.0853. The van der Waals surface area contributed by atoms with Crippen LogP contribution in [-0.4, -0.2) is 41.9 Å². The largest absolute Gasteiger partial charge is 0.320 e. The third-order valence-electron chi connectivity index (χ3n) is 6.17. The molecule has 33 heavy (non-hydrogen) atoms. The van der Waals surface area contributed by atoms with E-state index in [0.29, 0.717) is 23.0 Å². The first-order chi connectivity index (χ1) is 15.7. The van der Waals surface area contributed by atoms with Crippen molar-refractivity contribution in [3.05, 3.63) is 68.7 Å². The van der Waals surface area contributed by atoms with Crippen LogP contribution < -0.4 is 5.32 Å². The van der Waals surface area contributed by atoms with Gasteiger partial charge < -0.3 is 5.32 Å². The third-order valence-corrected chi connectivity index (χ3v) is 9.26. The van der Waals surface area contributed by atoms with Crippen molar-refractivity contribution < 1.29 is 13.2 Å². The van der Waals surface area contributed by atoms with Gasteiger partial charge in [-0.15, -0.1) is 10.2 Å². The first-order valence-corrected chi connectivity index (χ1v) is 13.2. The molecule has 9 heteroatoms. The molecule has 0 saturated carbocycles. The second-order valence-electron chi connectivity index (χ2n) is 8.62. The number of benzene rings is 2. The number of hydrogen-bond donors (Lipinski definition) is 1. The number of nitrogens with one attached hydrogen (secondary N) is 1. The molecule has 1 saturated heterocycles. The molecule has 0 radical (unpaired) electrons. The van der Waals surface area contributed by atoms with Crippen molar-refractivity contribution in [2.45, 2.75) is 51.3 Å². The molecule has 1 aliphatic heterocycles. The summed E-state index contributed by atoms with van der Waals surface area (Å²) >= 11 is 1.23. The van der Waals surface area contributed by atoms with Crippen molar-refractivity contribution in [1.82, 2.24) is 14.5 Å². The quantitative estimate of drug-likeness (QED) is 0.572. The minimum Gasteiger partial charge on any atom is -0.320 e. The van der Waals surface area contributed by atoms with E-state index in [2.05, 4.69) is 15.5 Å². The lowest BCUT2D eigenvalue weighted by molar-refractivity contribution is 0.102. The molecule has 1 N–H and O–H groups in total. The number of aryl methyl sites for hydroxylation is 4. The van der Waals surface area contributed by atoms with Crippen LogP contribution in [0.5, 0.6) is 0 Å². The van der Waals surface area contributed by atoms with Crippen molar-refractivity contribution in [3.63, 3.8) is 0 Å². The molecular weight excluding hydrogens is 456 g/mol. The molecule has 1 aromatic heterocycles. The van der Waals surface area contributed by atoms with Gasteiger partial charge in [-0.25, -0.2) is 8.42 Å². The van der Waals surface area contributed by atoms with Crippen LogP contribution in [0.3, 0.4) is 0 Å². The number of anilines is 1. The molecule has 0 unspecified atom stereocenters. The Balaban J connectivity index is 1.51. The molecule has 2 aromatic carbocycles. The van der Waals surface area contributed by atoms with Crippen LogP contribution in [0.4, 0.5) is 5.69 Å². The number of aromatic nitrogens is 2. The zero-order valence-electron chi connectivity index (χ0n) is 19.3. The van der Waals surface area contributed by atoms with Gasteiger partial charge in [-0.3, -0.25) is 4.79 Å². The Labute approximate surface area is 198 Å². The van der Waals surface area contributed by atoms with Crippen LogP contribution in [0, 0.1) is 27.7 Å². The van der Waals surface area contributed by atoms with E-state index in [9.17, 15) is 13.2 Å². The number of carbonyl (C=O) groups is 1. The molecule has 1 aliphatic rings. The highest BCUT2D eigenvalue weighted by molar-refractivity contribution is 7.89. The highest BCUT2D eigenvalue weighted by Crippen LogP contribution is 2.33. The third kappa shape index (κ3) is 4.85. The van der Waals surface area contributed by atoms with Crippen molar-refractivity contribution in [1.29, 1.82) is 0 Å². The fourth-order valence-electron chi connectivity index (χ4n) is 4.09. The van der Waals surface area contributed by atoms with Crippen molar-refractivity contribution in [3.8, 4) is 0 Å². The maximum Gasteiger partial charge on any atom is 0.286 e. The van der Waals surface area contributed by atoms with E-state index >= 15 is 0 Å². The summed E-state index contributed by atoms with van der Waals surface area (Å²) in [4.78, 5) is 13.0. The number of rotatable bonds is 5. The molecule has 4 rings (SSSR count). The van der Waals surface area contributed by atoms with Gasteiger partial charge in [-0.2, -0.15) is 4.31 Å². The Morgan fingerprint density at radius 2 is 1.76 bits per heavy atom. The summed E-state index contributed by atoms with van der Waals surface area (Å²) in [6.07, 6.45) is 1.55. The van der Waals surface area contributed by atoms with E-state index in [1.165, 1.54) is 11.3 Å². The zero-order valence-corrected chi connectivity index (χ0v) is 20.9. The molecule has 0 aliphatic carbocycles. The zero-order chi connectivity index (χ0) is 23.8. The Bertz CT molecular complexity index is 1300. The predicted molar refractivity (Wildman–Crippen MR) is 130 cm³/mol. The Morgan fingerprint density at radius 3 is 2.52 bits per heavy atom. The van der Waals surface area contributed by atoms with Crippen molar-refractivity contribution in [2.24, 2.45) is 0 Å². The van der Waals surface area contributed by atoms with E-state index in [1.807, 2.05) is 58.0 Å². The van der Waals surface area contributed by atoms with Crippen LogP contribution in [0.1, 0.15) is 55.8 Å². The van der Waals surface area contributed by atoms with Gasteiger partial charge in [0, 0.05) is 24.7 Å². The fourth-order valence-corrected chi connectivity index (χ4v) is 6.77. The van der Waals surface area contributed by atoms with Crippen molar-refractivity contribution >= 4 is 33.0 Å². The Hall–Kier alpha value is -2.62. The van der Waals surface area contributed by atoms with Crippen LogP contribution in [0.2, 0.25) is 0 Å². The highest BCUT2D eigenvalue weighted by Gasteiger charge is 2.33. The lowest BCUT2D eigenvalue weighted by atomic mass is 10.0. The summed E-state index contributed by atoms with van der Waals surface area (Å²) in [5.74, 6) is -0.392. The van der Waals surface area contributed by atoms with E-state index in [1.54, 1.807) is 10.4 Å². The van der Waals surface area contributed by atoms with E-state index in [4.69, 9.17) is 0 Å². The van der Waals surface area contributed by atoms with Gasteiger partial charge in [0.2, 0.25) is 15.0 Å². The summed E-state index contributed by atoms with van der Waals surface area (Å²) in [5, 5.41) is 12.2. The average molecular weight is 485 g/mol. The number of hydrogen-bond acceptors (Lipinski definition) is 6. The number of piperidine rings is 1. The molecule has 0 spiro atoms. The van der Waals surface area contributed by atoms with Gasteiger partial charge in [0.25, 0.3) is 5.91 Å². The molecule has 174 valence electrons. The standard InChI is InChI=1S/C24H28N4O3S2/c1-15-8-5-6-10-20(15)25-22(29)24-27-26-23(32-24)19-9-7-11-28(14-19)33(30,31)21-13-17(3)16(2)12-18(21)4/h5-6,8,10,12-13,19H,7,9,11,14H2,1-4H3,(H,25,29)/t19-/m1/s1. The highest BCUT2D eigenvalue weighted by atomic mass is 32.2. The van der Waals surface area contributed by atoms with Crippen LogP contribution in [-0.2, 0) is 10.0 Å². The second kappa shape index (κ2) is 9.32. The van der Waals surface area contributed by atoms with E-state index < -0.39 is 10.0 Å². The summed E-state index contributed by atoms with van der Waals surface area (Å²) < 4.78 is 28.4. The number of carbonyl (C=O) groups excluding carboxylic acids is 1. The van der Waals surface area contributed by atoms with Gasteiger partial charge in [0.1, 0.15) is 5.01 Å². The fraction of sp³-hybridized carbons (Fsp3) is 0.375. The predicted octanol–water partition coefficient (Wildman–Crippen LogP) is 4.59. The summed E-state index contributed by atoms with van der Waals surface area (Å²) in [6, 6.07) is 11.2. The molecule has 1 fully saturated rings. The van der Waals surface area contributed by atoms with Gasteiger partial charge in [-0.05, 0) is 74.9 Å². The SMILES string of the molecule is Cc1cc(C)c(S(=O)(=O)N2CCC[C@@H](c3nnc(C(=O)Nc4ccccc4C)s3)C2)cc1C. The normalized spacial score (nSPS) is 17.2. The van der Waals surface area contributed by atoms with Crippen molar-refractivity contribution in [2.75, 3.05) is 18.4 Å². The monoisotopic (exact) mass is 484 g/mol. The van der Waals surface area contributed by atoms with Crippen LogP contribution >= 0.6 is 11.3 Å². The van der Waals surface area contributed by atoms with Gasteiger partial charge in [-0.1, -0.05) is 35.6 Å². The summed E-state index contributed by atoms with van der Waals surface area (Å²) in [5.41, 5.74) is 4.49. The average Bonchev–Trinajstić information content (AvgIpc) is 3.28. The van der Waals surface area contributed by atoms with Gasteiger partial charge >= 0.3 is 0 Å². The molecular formula is C24H28N4O3S2. The smallest absolute Gasteiger partial charge is 0.286 e. The minimum atomic E-state index is -3.62. The molecule has 0 bridgehead atoms. The second-order valence-corrected chi connectivity index (χ2v) is 11.5. The maximum atomic E-state index is 13.4. The summed E-state index contributed by atoms with van der Waals surface area (Å²) in [6.45, 7) is 8.49. The molecule has 1 atom stereocenters. The van der Waals surface area contributed by atoms with Gasteiger partial charge in [0.05, 0.1) is 4.90 Å². The van der Waals surface area contributed by atoms with Gasteiger partial charge in [0.15, 0.2) is 0 Å². The Morgan fingerprint density at radius 1 is 1.03 bits per heavy atom. The number of para-hydroxylation sites is 1. The summed E-state index contributed by atoms with van der Waals surface area (Å²) in [7, 11) is -3.62. The molecule has 1 amide bonds. The van der Waals surface area contributed by atoms with E-state index in [0.717, 1.165) is 40.8 Å². The van der Waals surface area contributed by atoms with E-state index in [-0.39, 0.29) is 16.8 Å². The molecule has 2 heterocycles. The number of amides is 1. The lowest BCUT2D eigenvalue weighted by Crippen LogP contribution is -2.39. The maximum absolute atomic E-state index is 13.4. The first-order valence-electron chi connectivity index (χ1n) is 10.9.